The van der Waals surface area contributed by atoms with E-state index in [9.17, 15) is 13.2 Å². The lowest BCUT2D eigenvalue weighted by molar-refractivity contribution is 0.0785. The zero-order valence-corrected chi connectivity index (χ0v) is 14.5. The van der Waals surface area contributed by atoms with Gasteiger partial charge in [0.25, 0.3) is 5.91 Å². The summed E-state index contributed by atoms with van der Waals surface area (Å²) in [6.45, 7) is 0.339. The maximum atomic E-state index is 12.5. The van der Waals surface area contributed by atoms with E-state index in [0.717, 1.165) is 5.56 Å². The number of halogens is 1. The lowest BCUT2D eigenvalue weighted by atomic mass is 10.2. The zero-order valence-electron chi connectivity index (χ0n) is 12.9. The molecule has 0 aliphatic heterocycles. The van der Waals surface area contributed by atoms with Gasteiger partial charge in [-0.15, -0.1) is 0 Å². The second-order valence-electron chi connectivity index (χ2n) is 5.03. The molecule has 2 aromatic rings. The Hall–Kier alpha value is -1.90. The van der Waals surface area contributed by atoms with Gasteiger partial charge >= 0.3 is 0 Å². The highest BCUT2D eigenvalue weighted by Gasteiger charge is 2.20. The van der Waals surface area contributed by atoms with Crippen LogP contribution in [0.5, 0.6) is 0 Å². The van der Waals surface area contributed by atoms with Crippen molar-refractivity contribution >= 4 is 27.5 Å². The van der Waals surface area contributed by atoms with E-state index in [4.69, 9.17) is 11.6 Å². The molecule has 0 spiro atoms. The molecule has 0 aliphatic carbocycles. The third kappa shape index (κ3) is 3.90. The van der Waals surface area contributed by atoms with Gasteiger partial charge in [0.05, 0.1) is 21.7 Å². The summed E-state index contributed by atoms with van der Waals surface area (Å²) in [4.78, 5) is 14.0. The van der Waals surface area contributed by atoms with Crippen LogP contribution in [-0.2, 0) is 23.6 Å². The van der Waals surface area contributed by atoms with Crippen LogP contribution in [0, 0.1) is 0 Å². The smallest absolute Gasteiger partial charge is 0.255 e. The lowest BCUT2D eigenvalue weighted by Gasteiger charge is -2.17. The van der Waals surface area contributed by atoms with Crippen molar-refractivity contribution in [3.63, 3.8) is 0 Å². The number of hydrogen-bond acceptors (Lipinski definition) is 4. The number of nitrogens with one attached hydrogen (secondary N) is 1. The van der Waals surface area contributed by atoms with Crippen LogP contribution in [0.3, 0.4) is 0 Å². The number of nitrogens with zero attached hydrogens (tertiary/aromatic N) is 3. The highest BCUT2D eigenvalue weighted by atomic mass is 35.5. The number of carbonyl (C=O) groups is 1. The van der Waals surface area contributed by atoms with Crippen molar-refractivity contribution in [3.8, 4) is 0 Å². The molecule has 1 aromatic heterocycles. The average molecular weight is 357 g/mol. The first kappa shape index (κ1) is 17.5. The molecule has 7 nitrogen and oxygen atoms in total. The van der Waals surface area contributed by atoms with Crippen molar-refractivity contribution in [1.82, 2.24) is 19.4 Å². The number of amides is 1. The molecule has 0 saturated carbocycles. The normalized spacial score (nSPS) is 11.5. The Morgan fingerprint density at radius 2 is 2.13 bits per heavy atom. The molecule has 9 heteroatoms. The summed E-state index contributed by atoms with van der Waals surface area (Å²) >= 11 is 6.06. The van der Waals surface area contributed by atoms with Crippen molar-refractivity contribution < 1.29 is 13.2 Å². The largest absolute Gasteiger partial charge is 0.337 e. The van der Waals surface area contributed by atoms with Gasteiger partial charge in [-0.25, -0.2) is 13.1 Å². The Bertz CT molecular complexity index is 832. The molecule has 0 fully saturated rings. The highest BCUT2D eigenvalue weighted by Crippen LogP contribution is 2.22. The fraction of sp³-hybridized carbons (Fsp3) is 0.286. The summed E-state index contributed by atoms with van der Waals surface area (Å²) in [5.41, 5.74) is 0.993. The van der Waals surface area contributed by atoms with Crippen molar-refractivity contribution in [1.29, 1.82) is 0 Å². The topological polar surface area (TPSA) is 84.3 Å². The number of rotatable bonds is 5. The zero-order chi connectivity index (χ0) is 17.2. The molecule has 0 bridgehead atoms. The number of sulfonamides is 1. The van der Waals surface area contributed by atoms with Gasteiger partial charge in [-0.3, -0.25) is 9.48 Å². The summed E-state index contributed by atoms with van der Waals surface area (Å²) in [5, 5.41) is 4.24. The van der Waals surface area contributed by atoms with Crippen LogP contribution < -0.4 is 4.72 Å². The molecule has 1 N–H and O–H groups in total. The van der Waals surface area contributed by atoms with E-state index in [-0.39, 0.29) is 21.4 Å². The number of hydrogen-bond donors (Lipinski definition) is 1. The molecule has 0 radical (unpaired) electrons. The maximum Gasteiger partial charge on any atom is 0.255 e. The van der Waals surface area contributed by atoms with Gasteiger partial charge in [-0.05, 0) is 25.2 Å². The highest BCUT2D eigenvalue weighted by molar-refractivity contribution is 7.89. The minimum absolute atomic E-state index is 0.0115. The number of aromatic nitrogens is 2. The molecular formula is C14H17ClN4O3S. The molecule has 0 saturated heterocycles. The van der Waals surface area contributed by atoms with Gasteiger partial charge in [-0.1, -0.05) is 11.6 Å². The van der Waals surface area contributed by atoms with Crippen molar-refractivity contribution in [2.75, 3.05) is 14.1 Å². The van der Waals surface area contributed by atoms with E-state index in [1.165, 1.54) is 30.1 Å². The molecule has 124 valence electrons. The van der Waals surface area contributed by atoms with Crippen LogP contribution in [0.15, 0.2) is 35.5 Å². The van der Waals surface area contributed by atoms with Crippen LogP contribution in [-0.4, -0.2) is 43.1 Å². The Kier molecular flexibility index (Phi) is 5.08. The molecular weight excluding hydrogens is 340 g/mol. The van der Waals surface area contributed by atoms with Gasteiger partial charge in [0, 0.05) is 32.4 Å². The SMILES string of the molecule is CNS(=O)(=O)c1ccc(Cl)c(C(=O)N(C)Cc2cnn(C)c2)c1. The summed E-state index contributed by atoms with van der Waals surface area (Å²) in [6.07, 6.45) is 3.46. The second kappa shape index (κ2) is 6.69. The predicted molar refractivity (Wildman–Crippen MR) is 86.7 cm³/mol. The van der Waals surface area contributed by atoms with E-state index >= 15 is 0 Å². The van der Waals surface area contributed by atoms with Crippen LogP contribution in [0.25, 0.3) is 0 Å². The van der Waals surface area contributed by atoms with Crippen molar-refractivity contribution in [2.24, 2.45) is 7.05 Å². The fourth-order valence-electron chi connectivity index (χ4n) is 2.06. The first-order chi connectivity index (χ1) is 10.7. The predicted octanol–water partition coefficient (Wildman–Crippen LogP) is 1.25. The number of aryl methyl sites for hydroxylation is 1. The van der Waals surface area contributed by atoms with Gasteiger partial charge in [0.1, 0.15) is 0 Å². The molecule has 1 heterocycles. The molecule has 2 rings (SSSR count). The third-order valence-corrected chi connectivity index (χ3v) is 5.01. The van der Waals surface area contributed by atoms with Crippen LogP contribution in [0.1, 0.15) is 15.9 Å². The van der Waals surface area contributed by atoms with Gasteiger partial charge < -0.3 is 4.90 Å². The molecule has 23 heavy (non-hydrogen) atoms. The quantitative estimate of drug-likeness (QED) is 0.874. The summed E-state index contributed by atoms with van der Waals surface area (Å²) in [6, 6.07) is 4.03. The molecule has 0 atom stereocenters. The molecule has 0 aliphatic rings. The molecule has 1 amide bonds. The summed E-state index contributed by atoms with van der Waals surface area (Å²) in [5.74, 6) is -0.369. The Morgan fingerprint density at radius 1 is 1.43 bits per heavy atom. The van der Waals surface area contributed by atoms with Crippen molar-refractivity contribution in [3.05, 3.63) is 46.7 Å². The van der Waals surface area contributed by atoms with Gasteiger partial charge in [-0.2, -0.15) is 5.10 Å². The molecule has 1 aromatic carbocycles. The van der Waals surface area contributed by atoms with Crippen LogP contribution in [0.4, 0.5) is 0 Å². The van der Waals surface area contributed by atoms with E-state index in [1.54, 1.807) is 31.2 Å². The summed E-state index contributed by atoms with van der Waals surface area (Å²) in [7, 11) is 1.06. The lowest BCUT2D eigenvalue weighted by Crippen LogP contribution is -2.27. The van der Waals surface area contributed by atoms with E-state index < -0.39 is 10.0 Å². The second-order valence-corrected chi connectivity index (χ2v) is 7.33. The standard InChI is InChI=1S/C14H17ClN4O3S/c1-16-23(21,22)11-4-5-13(15)12(6-11)14(20)18(2)8-10-7-17-19(3)9-10/h4-7,9,16H,8H2,1-3H3. The summed E-state index contributed by atoms with van der Waals surface area (Å²) < 4.78 is 27.6. The van der Waals surface area contributed by atoms with E-state index in [0.29, 0.717) is 6.54 Å². The number of carbonyl (C=O) groups excluding carboxylic acids is 1. The first-order valence-corrected chi connectivity index (χ1v) is 8.57. The Labute approximate surface area is 139 Å². The maximum absolute atomic E-state index is 12.5. The minimum Gasteiger partial charge on any atom is -0.337 e. The van der Waals surface area contributed by atoms with Crippen LogP contribution in [0.2, 0.25) is 5.02 Å². The third-order valence-electron chi connectivity index (χ3n) is 3.27. The van der Waals surface area contributed by atoms with Gasteiger partial charge in [0.2, 0.25) is 10.0 Å². The monoisotopic (exact) mass is 356 g/mol. The van der Waals surface area contributed by atoms with E-state index in [2.05, 4.69) is 9.82 Å². The van der Waals surface area contributed by atoms with E-state index in [1.807, 2.05) is 0 Å². The minimum atomic E-state index is -3.64. The fourth-order valence-corrected chi connectivity index (χ4v) is 3.01. The van der Waals surface area contributed by atoms with Crippen LogP contribution >= 0.6 is 11.6 Å². The molecule has 0 unspecified atom stereocenters. The first-order valence-electron chi connectivity index (χ1n) is 6.70. The number of benzene rings is 1. The Balaban J connectivity index is 2.29. The Morgan fingerprint density at radius 3 is 2.70 bits per heavy atom. The average Bonchev–Trinajstić information content (AvgIpc) is 2.91. The van der Waals surface area contributed by atoms with Crippen molar-refractivity contribution in [2.45, 2.75) is 11.4 Å². The van der Waals surface area contributed by atoms with Gasteiger partial charge in [0.15, 0.2) is 0 Å².